The first-order valence-corrected chi connectivity index (χ1v) is 9.46. The molecule has 0 spiro atoms. The molecule has 2 N–H and O–H groups in total. The van der Waals surface area contributed by atoms with Gasteiger partial charge in [-0.1, -0.05) is 6.42 Å². The monoisotopic (exact) mass is 338 g/mol. The van der Waals surface area contributed by atoms with Gasteiger partial charge in [-0.05, 0) is 37.8 Å². The van der Waals surface area contributed by atoms with Crippen molar-refractivity contribution in [2.24, 2.45) is 5.73 Å². The molecule has 3 heterocycles. The Labute approximate surface area is 136 Å². The lowest BCUT2D eigenvalue weighted by Crippen LogP contribution is -2.40. The molecule has 1 atom stereocenters. The highest BCUT2D eigenvalue weighted by Crippen LogP contribution is 2.26. The van der Waals surface area contributed by atoms with Crippen molar-refractivity contribution >= 4 is 21.7 Å². The molecule has 1 aromatic rings. The second kappa shape index (κ2) is 6.45. The second-order valence-electron chi connectivity index (χ2n) is 6.07. The van der Waals surface area contributed by atoms with E-state index in [0.29, 0.717) is 31.9 Å². The van der Waals surface area contributed by atoms with E-state index in [2.05, 4.69) is 4.98 Å². The van der Waals surface area contributed by atoms with Gasteiger partial charge >= 0.3 is 0 Å². The first-order valence-electron chi connectivity index (χ1n) is 8.02. The van der Waals surface area contributed by atoms with Gasteiger partial charge in [0.25, 0.3) is 0 Å². The van der Waals surface area contributed by atoms with Crippen LogP contribution in [0.2, 0.25) is 0 Å². The van der Waals surface area contributed by atoms with Gasteiger partial charge in [0.05, 0.1) is 0 Å². The molecule has 8 heteroatoms. The minimum atomic E-state index is -3.47. The maximum Gasteiger partial charge on any atom is 0.244 e. The third-order valence-corrected chi connectivity index (χ3v) is 6.43. The van der Waals surface area contributed by atoms with Crippen LogP contribution in [0.3, 0.4) is 0 Å². The van der Waals surface area contributed by atoms with Gasteiger partial charge in [0, 0.05) is 25.8 Å². The first kappa shape index (κ1) is 16.2. The van der Waals surface area contributed by atoms with Crippen molar-refractivity contribution in [3.63, 3.8) is 0 Å². The van der Waals surface area contributed by atoms with Crippen LogP contribution < -0.4 is 10.6 Å². The normalized spacial score (nSPS) is 23.1. The van der Waals surface area contributed by atoms with Gasteiger partial charge in [0.1, 0.15) is 16.8 Å². The number of hydrogen-bond acceptors (Lipinski definition) is 5. The van der Waals surface area contributed by atoms with Gasteiger partial charge in [-0.15, -0.1) is 0 Å². The van der Waals surface area contributed by atoms with Crippen LogP contribution in [-0.2, 0) is 14.8 Å². The van der Waals surface area contributed by atoms with Crippen molar-refractivity contribution in [3.05, 3.63) is 18.3 Å². The van der Waals surface area contributed by atoms with Crippen molar-refractivity contribution in [3.8, 4) is 0 Å². The van der Waals surface area contributed by atoms with Crippen molar-refractivity contribution in [2.75, 3.05) is 24.5 Å². The Balaban J connectivity index is 1.80. The number of rotatable bonds is 4. The maximum atomic E-state index is 12.6. The van der Waals surface area contributed by atoms with Crippen molar-refractivity contribution < 1.29 is 13.2 Å². The van der Waals surface area contributed by atoms with Crippen LogP contribution in [0.15, 0.2) is 23.2 Å². The number of carbonyl (C=O) groups excluding carboxylic acids is 1. The van der Waals surface area contributed by atoms with Crippen LogP contribution in [0.25, 0.3) is 0 Å². The number of anilines is 1. The van der Waals surface area contributed by atoms with E-state index in [1.165, 1.54) is 10.5 Å². The van der Waals surface area contributed by atoms with Crippen LogP contribution in [-0.4, -0.2) is 49.3 Å². The molecule has 0 unspecified atom stereocenters. The number of pyridine rings is 1. The van der Waals surface area contributed by atoms with E-state index in [1.54, 1.807) is 12.1 Å². The number of piperidine rings is 1. The predicted molar refractivity (Wildman–Crippen MR) is 86.4 cm³/mol. The average molecular weight is 338 g/mol. The van der Waals surface area contributed by atoms with E-state index in [9.17, 15) is 13.2 Å². The number of sulfonamides is 1. The Morgan fingerprint density at radius 1 is 1.13 bits per heavy atom. The molecule has 1 amide bonds. The zero-order valence-corrected chi connectivity index (χ0v) is 13.8. The Morgan fingerprint density at radius 3 is 2.48 bits per heavy atom. The number of primary amides is 1. The smallest absolute Gasteiger partial charge is 0.244 e. The van der Waals surface area contributed by atoms with E-state index in [-0.39, 0.29) is 16.8 Å². The second-order valence-corrected chi connectivity index (χ2v) is 8.01. The summed E-state index contributed by atoms with van der Waals surface area (Å²) in [6, 6.07) is 2.88. The number of aromatic nitrogens is 1. The molecule has 1 aromatic heterocycles. The van der Waals surface area contributed by atoms with E-state index in [1.807, 2.05) is 4.90 Å². The highest BCUT2D eigenvalue weighted by atomic mass is 32.2. The lowest BCUT2D eigenvalue weighted by Gasteiger charge is -2.26. The lowest BCUT2D eigenvalue weighted by molar-refractivity contribution is -0.119. The van der Waals surface area contributed by atoms with Crippen LogP contribution in [0.4, 0.5) is 5.82 Å². The molecular formula is C15H22N4O3S. The molecule has 3 rings (SSSR count). The predicted octanol–water partition coefficient (Wildman–Crippen LogP) is 0.710. The average Bonchev–Trinajstić information content (AvgIpc) is 3.06. The number of carbonyl (C=O) groups is 1. The number of nitrogens with zero attached hydrogens (tertiary/aromatic N) is 3. The summed E-state index contributed by atoms with van der Waals surface area (Å²) in [6.07, 6.45) is 5.86. The topological polar surface area (TPSA) is 96.6 Å². The summed E-state index contributed by atoms with van der Waals surface area (Å²) in [7, 11) is -3.47. The summed E-state index contributed by atoms with van der Waals surface area (Å²) in [6.45, 7) is 1.85. The molecule has 2 aliphatic rings. The van der Waals surface area contributed by atoms with E-state index in [4.69, 9.17) is 5.73 Å². The molecule has 126 valence electrons. The Kier molecular flexibility index (Phi) is 4.54. The van der Waals surface area contributed by atoms with Gasteiger partial charge in [0.2, 0.25) is 15.9 Å². The zero-order chi connectivity index (χ0) is 16.4. The van der Waals surface area contributed by atoms with E-state index >= 15 is 0 Å². The van der Waals surface area contributed by atoms with Crippen LogP contribution in [0.5, 0.6) is 0 Å². The largest absolute Gasteiger partial charge is 0.368 e. The highest BCUT2D eigenvalue weighted by molar-refractivity contribution is 7.89. The standard InChI is InChI=1S/C15H22N4O3S/c16-15(20)13-5-4-10-19(13)14-7-6-12(11-17-14)23(21,22)18-8-2-1-3-9-18/h6-7,11,13H,1-5,8-10H2,(H2,16,20)/t13-/m0/s1. The fraction of sp³-hybridized carbons (Fsp3) is 0.600. The van der Waals surface area contributed by atoms with Gasteiger partial charge in [-0.25, -0.2) is 13.4 Å². The number of amides is 1. The van der Waals surface area contributed by atoms with E-state index < -0.39 is 10.0 Å². The molecule has 0 aliphatic carbocycles. The minimum absolute atomic E-state index is 0.206. The molecule has 23 heavy (non-hydrogen) atoms. The quantitative estimate of drug-likeness (QED) is 0.872. The highest BCUT2D eigenvalue weighted by Gasteiger charge is 2.31. The van der Waals surface area contributed by atoms with Crippen molar-refractivity contribution in [2.45, 2.75) is 43.0 Å². The third kappa shape index (κ3) is 3.18. The SMILES string of the molecule is NC(=O)[C@@H]1CCCN1c1ccc(S(=O)(=O)N2CCCCC2)cn1. The molecule has 2 fully saturated rings. The fourth-order valence-corrected chi connectivity index (χ4v) is 4.75. The molecule has 7 nitrogen and oxygen atoms in total. The Morgan fingerprint density at radius 2 is 1.87 bits per heavy atom. The summed E-state index contributed by atoms with van der Waals surface area (Å²) in [5.41, 5.74) is 5.41. The van der Waals surface area contributed by atoms with Gasteiger partial charge in [-0.2, -0.15) is 4.31 Å². The van der Waals surface area contributed by atoms with Gasteiger partial charge in [0.15, 0.2) is 0 Å². The van der Waals surface area contributed by atoms with Gasteiger partial charge < -0.3 is 10.6 Å². The van der Waals surface area contributed by atoms with Crippen LogP contribution in [0.1, 0.15) is 32.1 Å². The summed E-state index contributed by atoms with van der Waals surface area (Å²) >= 11 is 0. The molecule has 2 aliphatic heterocycles. The summed E-state index contributed by atoms with van der Waals surface area (Å²) < 4.78 is 26.7. The zero-order valence-electron chi connectivity index (χ0n) is 13.0. The van der Waals surface area contributed by atoms with Crippen LogP contribution in [0, 0.1) is 0 Å². The summed E-state index contributed by atoms with van der Waals surface area (Å²) in [5.74, 6) is 0.234. The first-order chi connectivity index (χ1) is 11.0. The summed E-state index contributed by atoms with van der Waals surface area (Å²) in [5, 5.41) is 0. The van der Waals surface area contributed by atoms with Crippen LogP contribution >= 0.6 is 0 Å². The third-order valence-electron chi connectivity index (χ3n) is 4.55. The fourth-order valence-electron chi connectivity index (χ4n) is 3.29. The summed E-state index contributed by atoms with van der Waals surface area (Å²) in [4.78, 5) is 17.8. The number of hydrogen-bond donors (Lipinski definition) is 1. The van der Waals surface area contributed by atoms with Crippen molar-refractivity contribution in [1.29, 1.82) is 0 Å². The maximum absolute atomic E-state index is 12.6. The molecule has 0 bridgehead atoms. The van der Waals surface area contributed by atoms with Crippen molar-refractivity contribution in [1.82, 2.24) is 9.29 Å². The molecule has 0 aromatic carbocycles. The van der Waals surface area contributed by atoms with Gasteiger partial charge in [-0.3, -0.25) is 4.79 Å². The number of nitrogens with two attached hydrogens (primary N) is 1. The molecule has 0 radical (unpaired) electrons. The molecule has 0 saturated carbocycles. The lowest BCUT2D eigenvalue weighted by atomic mass is 10.2. The van der Waals surface area contributed by atoms with E-state index in [0.717, 1.165) is 25.7 Å². The minimum Gasteiger partial charge on any atom is -0.368 e. The molecule has 2 saturated heterocycles. The Hall–Kier alpha value is -1.67. The Bertz CT molecular complexity index is 668. The molecular weight excluding hydrogens is 316 g/mol.